The van der Waals surface area contributed by atoms with E-state index in [9.17, 15) is 4.79 Å². The van der Waals surface area contributed by atoms with Gasteiger partial charge in [-0.3, -0.25) is 4.79 Å². The molecule has 28 heavy (non-hydrogen) atoms. The second-order valence-electron chi connectivity index (χ2n) is 7.25. The summed E-state index contributed by atoms with van der Waals surface area (Å²) in [6.07, 6.45) is 0. The van der Waals surface area contributed by atoms with Crippen molar-refractivity contribution in [2.75, 3.05) is 0 Å². The molecule has 3 aromatic rings. The van der Waals surface area contributed by atoms with Gasteiger partial charge in [0.1, 0.15) is 0 Å². The first-order chi connectivity index (χ1) is 13.1. The van der Waals surface area contributed by atoms with Gasteiger partial charge in [-0.25, -0.2) is 0 Å². The molecule has 2 N–H and O–H groups in total. The van der Waals surface area contributed by atoms with E-state index >= 15 is 0 Å². The molecule has 0 saturated carbocycles. The Morgan fingerprint density at radius 1 is 1.00 bits per heavy atom. The van der Waals surface area contributed by atoms with Crippen molar-refractivity contribution in [2.45, 2.75) is 40.0 Å². The van der Waals surface area contributed by atoms with Gasteiger partial charge < -0.3 is 15.2 Å². The zero-order valence-electron chi connectivity index (χ0n) is 16.3. The molecular formula is C23H26ClN3O. The largest absolute Gasteiger partial charge is 0.348 e. The van der Waals surface area contributed by atoms with Gasteiger partial charge in [-0.05, 0) is 42.2 Å². The Bertz CT molecular complexity index is 979. The third-order valence-electron chi connectivity index (χ3n) is 5.36. The molecule has 1 aliphatic heterocycles. The van der Waals surface area contributed by atoms with Crippen LogP contribution in [0.4, 0.5) is 0 Å². The Morgan fingerprint density at radius 3 is 2.54 bits per heavy atom. The normalized spacial score (nSPS) is 12.4. The molecular weight excluding hydrogens is 370 g/mol. The number of hydrogen-bond donors (Lipinski definition) is 2. The van der Waals surface area contributed by atoms with Gasteiger partial charge in [0.15, 0.2) is 0 Å². The summed E-state index contributed by atoms with van der Waals surface area (Å²) in [6.45, 7) is 7.26. The van der Waals surface area contributed by atoms with Crippen molar-refractivity contribution in [3.8, 4) is 0 Å². The molecule has 0 aliphatic carbocycles. The maximum Gasteiger partial charge on any atom is 0.253 e. The van der Waals surface area contributed by atoms with Crippen LogP contribution in [-0.4, -0.2) is 10.5 Å². The lowest BCUT2D eigenvalue weighted by atomic mass is 10.1. The summed E-state index contributed by atoms with van der Waals surface area (Å²) in [5, 5.41) is 6.43. The molecule has 4 rings (SSSR count). The average molecular weight is 396 g/mol. The SMILES string of the molecule is Cc1cc(C(=O)NCc2ccc3c(c2)CNC3)c(C)n1Cc1ccccc1.Cl. The number of aryl methyl sites for hydroxylation is 1. The monoisotopic (exact) mass is 395 g/mol. The van der Waals surface area contributed by atoms with Crippen molar-refractivity contribution in [3.63, 3.8) is 0 Å². The molecule has 4 nitrogen and oxygen atoms in total. The fourth-order valence-electron chi connectivity index (χ4n) is 3.78. The van der Waals surface area contributed by atoms with E-state index in [0.29, 0.717) is 6.54 Å². The third-order valence-corrected chi connectivity index (χ3v) is 5.36. The maximum absolute atomic E-state index is 12.8. The number of rotatable bonds is 5. The van der Waals surface area contributed by atoms with Gasteiger partial charge in [-0.15, -0.1) is 12.4 Å². The standard InChI is InChI=1S/C23H25N3O.ClH/c1-16-10-22(17(2)26(16)15-18-6-4-3-5-7-18)23(27)25-12-19-8-9-20-13-24-14-21(20)11-19;/h3-11,24H,12-15H2,1-2H3,(H,25,27);1H. The quantitative estimate of drug-likeness (QED) is 0.683. The summed E-state index contributed by atoms with van der Waals surface area (Å²) < 4.78 is 2.20. The smallest absolute Gasteiger partial charge is 0.253 e. The first kappa shape index (κ1) is 20.2. The van der Waals surface area contributed by atoms with Gasteiger partial charge >= 0.3 is 0 Å². The number of fused-ring (bicyclic) bond motifs is 1. The molecule has 0 bridgehead atoms. The van der Waals surface area contributed by atoms with Crippen LogP contribution in [0, 0.1) is 13.8 Å². The minimum Gasteiger partial charge on any atom is -0.348 e. The van der Waals surface area contributed by atoms with Gasteiger partial charge in [0.2, 0.25) is 0 Å². The van der Waals surface area contributed by atoms with Gasteiger partial charge in [-0.1, -0.05) is 48.5 Å². The number of halogens is 1. The molecule has 0 fully saturated rings. The highest BCUT2D eigenvalue weighted by atomic mass is 35.5. The number of aromatic nitrogens is 1. The van der Waals surface area contributed by atoms with Crippen LogP contribution < -0.4 is 10.6 Å². The van der Waals surface area contributed by atoms with Crippen molar-refractivity contribution in [1.29, 1.82) is 0 Å². The second-order valence-corrected chi connectivity index (χ2v) is 7.25. The van der Waals surface area contributed by atoms with Crippen molar-refractivity contribution in [3.05, 3.63) is 93.8 Å². The Morgan fingerprint density at radius 2 is 1.75 bits per heavy atom. The molecule has 5 heteroatoms. The van der Waals surface area contributed by atoms with Crippen molar-refractivity contribution >= 4 is 18.3 Å². The van der Waals surface area contributed by atoms with Gasteiger partial charge in [0.05, 0.1) is 5.56 Å². The van der Waals surface area contributed by atoms with E-state index in [1.807, 2.05) is 31.2 Å². The lowest BCUT2D eigenvalue weighted by Gasteiger charge is -2.10. The molecule has 1 amide bonds. The van der Waals surface area contributed by atoms with Crippen LogP contribution in [0.1, 0.15) is 44.0 Å². The van der Waals surface area contributed by atoms with E-state index in [4.69, 9.17) is 0 Å². The summed E-state index contributed by atoms with van der Waals surface area (Å²) in [4.78, 5) is 12.8. The van der Waals surface area contributed by atoms with Crippen LogP contribution in [0.3, 0.4) is 0 Å². The first-order valence-electron chi connectivity index (χ1n) is 9.42. The lowest BCUT2D eigenvalue weighted by Crippen LogP contribution is -2.23. The molecule has 1 aromatic heterocycles. The van der Waals surface area contributed by atoms with Crippen LogP contribution in [-0.2, 0) is 26.2 Å². The zero-order valence-corrected chi connectivity index (χ0v) is 17.1. The maximum atomic E-state index is 12.8. The zero-order chi connectivity index (χ0) is 18.8. The second kappa shape index (κ2) is 8.63. The minimum absolute atomic E-state index is 0. The highest BCUT2D eigenvalue weighted by Crippen LogP contribution is 2.19. The van der Waals surface area contributed by atoms with E-state index in [-0.39, 0.29) is 18.3 Å². The molecule has 1 aliphatic rings. The Hall–Kier alpha value is -2.56. The van der Waals surface area contributed by atoms with Crippen LogP contribution >= 0.6 is 12.4 Å². The summed E-state index contributed by atoms with van der Waals surface area (Å²) in [6, 6.07) is 18.8. The Labute approximate surface area is 172 Å². The van der Waals surface area contributed by atoms with Crippen LogP contribution in [0.5, 0.6) is 0 Å². The van der Waals surface area contributed by atoms with Crippen LogP contribution in [0.15, 0.2) is 54.6 Å². The average Bonchev–Trinajstić information content (AvgIpc) is 3.26. The molecule has 2 heterocycles. The van der Waals surface area contributed by atoms with E-state index < -0.39 is 0 Å². The number of amides is 1. The summed E-state index contributed by atoms with van der Waals surface area (Å²) in [7, 11) is 0. The van der Waals surface area contributed by atoms with E-state index in [1.54, 1.807) is 0 Å². The summed E-state index contributed by atoms with van der Waals surface area (Å²) >= 11 is 0. The number of nitrogens with one attached hydrogen (secondary N) is 2. The lowest BCUT2D eigenvalue weighted by molar-refractivity contribution is 0.0950. The topological polar surface area (TPSA) is 46.1 Å². The fraction of sp³-hybridized carbons (Fsp3) is 0.261. The fourth-order valence-corrected chi connectivity index (χ4v) is 3.78. The Balaban J connectivity index is 0.00000225. The third kappa shape index (κ3) is 4.13. The van der Waals surface area contributed by atoms with Crippen LogP contribution in [0.25, 0.3) is 0 Å². The number of hydrogen-bond acceptors (Lipinski definition) is 2. The Kier molecular flexibility index (Phi) is 6.22. The number of nitrogens with zero attached hydrogens (tertiary/aromatic N) is 1. The molecule has 146 valence electrons. The van der Waals surface area contributed by atoms with Crippen molar-refractivity contribution < 1.29 is 4.79 Å². The van der Waals surface area contributed by atoms with Crippen molar-refractivity contribution in [1.82, 2.24) is 15.2 Å². The molecule has 2 aromatic carbocycles. The highest BCUT2D eigenvalue weighted by molar-refractivity contribution is 5.95. The first-order valence-corrected chi connectivity index (χ1v) is 9.42. The van der Waals surface area contributed by atoms with E-state index in [1.165, 1.54) is 16.7 Å². The molecule has 0 saturated heterocycles. The summed E-state index contributed by atoms with van der Waals surface area (Å²) in [5.41, 5.74) is 7.93. The van der Waals surface area contributed by atoms with E-state index in [2.05, 4.69) is 52.5 Å². The van der Waals surface area contributed by atoms with Gasteiger partial charge in [-0.2, -0.15) is 0 Å². The molecule has 0 radical (unpaired) electrons. The van der Waals surface area contributed by atoms with Gasteiger partial charge in [0.25, 0.3) is 5.91 Å². The molecule has 0 unspecified atom stereocenters. The van der Waals surface area contributed by atoms with E-state index in [0.717, 1.165) is 42.1 Å². The predicted molar refractivity (Wildman–Crippen MR) is 115 cm³/mol. The predicted octanol–water partition coefficient (Wildman–Crippen LogP) is 4.11. The minimum atomic E-state index is -0.0129. The number of benzene rings is 2. The molecule has 0 atom stereocenters. The highest BCUT2D eigenvalue weighted by Gasteiger charge is 2.16. The van der Waals surface area contributed by atoms with Crippen molar-refractivity contribution in [2.24, 2.45) is 0 Å². The van der Waals surface area contributed by atoms with Gasteiger partial charge in [0, 0.05) is 37.6 Å². The summed E-state index contributed by atoms with van der Waals surface area (Å²) in [5.74, 6) is -0.0129. The number of carbonyl (C=O) groups excluding carboxylic acids is 1. The number of carbonyl (C=O) groups is 1. The molecule has 0 spiro atoms. The van der Waals surface area contributed by atoms with Crippen LogP contribution in [0.2, 0.25) is 0 Å².